The quantitative estimate of drug-likeness (QED) is 0.738. The summed E-state index contributed by atoms with van der Waals surface area (Å²) >= 11 is 0. The largest absolute Gasteiger partial charge is 0.313 e. The Morgan fingerprint density at radius 1 is 1.19 bits per heavy atom. The first kappa shape index (κ1) is 14.0. The molecule has 0 spiro atoms. The van der Waals surface area contributed by atoms with E-state index in [4.69, 9.17) is 0 Å². The fraction of sp³-hybridized carbons (Fsp3) is 1.00. The van der Waals surface area contributed by atoms with E-state index < -0.39 is 0 Å². The first-order valence-electron chi connectivity index (χ1n) is 7.19. The molecule has 1 aliphatic rings. The predicted molar refractivity (Wildman–Crippen MR) is 72.7 cm³/mol. The maximum atomic E-state index is 3.84. The summed E-state index contributed by atoms with van der Waals surface area (Å²) in [5, 5.41) is 3.84. The van der Waals surface area contributed by atoms with Gasteiger partial charge in [-0.25, -0.2) is 0 Å². The van der Waals surface area contributed by atoms with Gasteiger partial charge >= 0.3 is 0 Å². The first-order valence-corrected chi connectivity index (χ1v) is 7.19. The van der Waals surface area contributed by atoms with Crippen LogP contribution in [0.4, 0.5) is 0 Å². The van der Waals surface area contributed by atoms with Gasteiger partial charge in [0.2, 0.25) is 0 Å². The van der Waals surface area contributed by atoms with Crippen LogP contribution in [0.25, 0.3) is 0 Å². The average molecular weight is 225 g/mol. The van der Waals surface area contributed by atoms with Gasteiger partial charge in [0.05, 0.1) is 0 Å². The summed E-state index contributed by atoms with van der Waals surface area (Å²) in [5.74, 6) is 1.74. The number of rotatable bonds is 5. The highest BCUT2D eigenvalue weighted by molar-refractivity contribution is 4.84. The molecule has 0 aromatic carbocycles. The molecule has 2 atom stereocenters. The van der Waals surface area contributed by atoms with E-state index in [9.17, 15) is 0 Å². The molecule has 1 saturated carbocycles. The van der Waals surface area contributed by atoms with Crippen LogP contribution < -0.4 is 5.32 Å². The molecule has 1 N–H and O–H groups in total. The van der Waals surface area contributed by atoms with Crippen molar-refractivity contribution < 1.29 is 0 Å². The smallest absolute Gasteiger partial charge is 0.00979 e. The highest BCUT2D eigenvalue weighted by Gasteiger charge is 2.28. The summed E-state index contributed by atoms with van der Waals surface area (Å²) in [5.41, 5.74) is 0.457. The molecular formula is C15H31N. The van der Waals surface area contributed by atoms with Crippen LogP contribution in [0.2, 0.25) is 0 Å². The third-order valence-corrected chi connectivity index (χ3v) is 4.48. The predicted octanol–water partition coefficient (Wildman–Crippen LogP) is 4.23. The zero-order valence-electron chi connectivity index (χ0n) is 12.0. The van der Waals surface area contributed by atoms with Crippen molar-refractivity contribution in [2.24, 2.45) is 17.3 Å². The standard InChI is InChI=1S/C15H31N/c1-6-15(4,5)11-16-14-10-8-7-9-13(14)12(2)3/h12-14,16H,6-11H2,1-5H3. The van der Waals surface area contributed by atoms with Crippen molar-refractivity contribution in [1.29, 1.82) is 0 Å². The minimum Gasteiger partial charge on any atom is -0.313 e. The van der Waals surface area contributed by atoms with Crippen molar-refractivity contribution >= 4 is 0 Å². The van der Waals surface area contributed by atoms with Crippen molar-refractivity contribution in [3.05, 3.63) is 0 Å². The molecule has 2 unspecified atom stereocenters. The van der Waals surface area contributed by atoms with Gasteiger partial charge in [-0.1, -0.05) is 47.5 Å². The summed E-state index contributed by atoms with van der Waals surface area (Å²) < 4.78 is 0. The Bertz CT molecular complexity index is 196. The van der Waals surface area contributed by atoms with Crippen molar-refractivity contribution in [2.75, 3.05) is 6.54 Å². The van der Waals surface area contributed by atoms with Crippen LogP contribution in [0.1, 0.15) is 66.7 Å². The van der Waals surface area contributed by atoms with E-state index >= 15 is 0 Å². The van der Waals surface area contributed by atoms with E-state index in [2.05, 4.69) is 39.9 Å². The van der Waals surface area contributed by atoms with Gasteiger partial charge in [-0.2, -0.15) is 0 Å². The van der Waals surface area contributed by atoms with Crippen molar-refractivity contribution in [3.8, 4) is 0 Å². The molecule has 0 radical (unpaired) electrons. The van der Waals surface area contributed by atoms with Crippen molar-refractivity contribution in [2.45, 2.75) is 72.8 Å². The van der Waals surface area contributed by atoms with Gasteiger partial charge in [0, 0.05) is 12.6 Å². The lowest BCUT2D eigenvalue weighted by atomic mass is 9.77. The highest BCUT2D eigenvalue weighted by Crippen LogP contribution is 2.31. The summed E-state index contributed by atoms with van der Waals surface area (Å²) in [6.45, 7) is 13.0. The molecule has 0 aromatic rings. The van der Waals surface area contributed by atoms with Crippen LogP contribution in [0.3, 0.4) is 0 Å². The topological polar surface area (TPSA) is 12.0 Å². The van der Waals surface area contributed by atoms with Crippen LogP contribution in [0.5, 0.6) is 0 Å². The molecule has 1 nitrogen and oxygen atoms in total. The third kappa shape index (κ3) is 4.08. The van der Waals surface area contributed by atoms with Gasteiger partial charge in [0.15, 0.2) is 0 Å². The molecule has 1 heteroatoms. The Balaban J connectivity index is 2.44. The molecule has 0 amide bonds. The molecule has 16 heavy (non-hydrogen) atoms. The Kier molecular flexibility index (Phi) is 5.30. The van der Waals surface area contributed by atoms with E-state index in [0.717, 1.165) is 17.9 Å². The zero-order valence-corrected chi connectivity index (χ0v) is 12.0. The van der Waals surface area contributed by atoms with Gasteiger partial charge in [-0.15, -0.1) is 0 Å². The Labute approximate surface area is 102 Å². The van der Waals surface area contributed by atoms with Crippen LogP contribution in [0, 0.1) is 17.3 Å². The average Bonchev–Trinajstić information content (AvgIpc) is 2.27. The second-order valence-corrected chi connectivity index (χ2v) is 6.70. The lowest BCUT2D eigenvalue weighted by Crippen LogP contribution is -2.44. The van der Waals surface area contributed by atoms with E-state index in [1.54, 1.807) is 0 Å². The number of hydrogen-bond donors (Lipinski definition) is 1. The summed E-state index contributed by atoms with van der Waals surface area (Å²) in [6.07, 6.45) is 6.95. The van der Waals surface area contributed by atoms with Gasteiger partial charge in [0.1, 0.15) is 0 Å². The van der Waals surface area contributed by atoms with Gasteiger partial charge < -0.3 is 5.32 Å². The lowest BCUT2D eigenvalue weighted by molar-refractivity contribution is 0.185. The van der Waals surface area contributed by atoms with Gasteiger partial charge in [0.25, 0.3) is 0 Å². The second-order valence-electron chi connectivity index (χ2n) is 6.70. The van der Waals surface area contributed by atoms with Crippen LogP contribution in [-0.4, -0.2) is 12.6 Å². The summed E-state index contributed by atoms with van der Waals surface area (Å²) in [7, 11) is 0. The molecule has 0 bridgehead atoms. The van der Waals surface area contributed by atoms with Crippen molar-refractivity contribution in [1.82, 2.24) is 5.32 Å². The van der Waals surface area contributed by atoms with Crippen molar-refractivity contribution in [3.63, 3.8) is 0 Å². The maximum Gasteiger partial charge on any atom is 0.00979 e. The summed E-state index contributed by atoms with van der Waals surface area (Å²) in [6, 6.07) is 0.777. The maximum absolute atomic E-state index is 3.84. The molecule has 0 heterocycles. The minimum atomic E-state index is 0.457. The highest BCUT2D eigenvalue weighted by atomic mass is 14.9. The molecule has 1 fully saturated rings. The van der Waals surface area contributed by atoms with Gasteiger partial charge in [-0.05, 0) is 36.5 Å². The normalized spacial score (nSPS) is 27.4. The van der Waals surface area contributed by atoms with Crippen LogP contribution >= 0.6 is 0 Å². The summed E-state index contributed by atoms with van der Waals surface area (Å²) in [4.78, 5) is 0. The van der Waals surface area contributed by atoms with E-state index in [0.29, 0.717) is 5.41 Å². The van der Waals surface area contributed by atoms with Crippen LogP contribution in [-0.2, 0) is 0 Å². The fourth-order valence-corrected chi connectivity index (χ4v) is 2.74. The fourth-order valence-electron chi connectivity index (χ4n) is 2.74. The molecule has 0 aliphatic heterocycles. The molecule has 0 aromatic heterocycles. The monoisotopic (exact) mass is 225 g/mol. The SMILES string of the molecule is CCC(C)(C)CNC1CCCCC1C(C)C. The molecule has 96 valence electrons. The van der Waals surface area contributed by atoms with Gasteiger partial charge in [-0.3, -0.25) is 0 Å². The Morgan fingerprint density at radius 3 is 2.38 bits per heavy atom. The third-order valence-electron chi connectivity index (χ3n) is 4.48. The molecular weight excluding hydrogens is 194 g/mol. The van der Waals surface area contributed by atoms with Crippen LogP contribution in [0.15, 0.2) is 0 Å². The second kappa shape index (κ2) is 6.05. The molecule has 0 saturated heterocycles. The Morgan fingerprint density at radius 2 is 1.81 bits per heavy atom. The number of hydrogen-bond acceptors (Lipinski definition) is 1. The molecule has 1 aliphatic carbocycles. The lowest BCUT2D eigenvalue weighted by Gasteiger charge is -2.37. The van der Waals surface area contributed by atoms with E-state index in [-0.39, 0.29) is 0 Å². The van der Waals surface area contributed by atoms with E-state index in [1.165, 1.54) is 38.6 Å². The first-order chi connectivity index (χ1) is 7.46. The molecule has 1 rings (SSSR count). The van der Waals surface area contributed by atoms with E-state index in [1.807, 2.05) is 0 Å². The minimum absolute atomic E-state index is 0.457. The Hall–Kier alpha value is -0.0400. The number of nitrogens with one attached hydrogen (secondary N) is 1. The zero-order chi connectivity index (χ0) is 12.2.